The van der Waals surface area contributed by atoms with Crippen LogP contribution < -0.4 is 0 Å². The van der Waals surface area contributed by atoms with Crippen LogP contribution in [0.3, 0.4) is 0 Å². The van der Waals surface area contributed by atoms with E-state index in [9.17, 15) is 0 Å². The third-order valence-corrected chi connectivity index (χ3v) is 3.77. The van der Waals surface area contributed by atoms with E-state index in [1.165, 1.54) is 4.90 Å². The zero-order valence-electron chi connectivity index (χ0n) is 10.3. The van der Waals surface area contributed by atoms with Crippen LogP contribution in [0.2, 0.25) is 0 Å². The minimum atomic E-state index is 0.586. The van der Waals surface area contributed by atoms with E-state index >= 15 is 0 Å². The predicted octanol–water partition coefficient (Wildman–Crippen LogP) is 4.44. The summed E-state index contributed by atoms with van der Waals surface area (Å²) >= 11 is 5.05. The fourth-order valence-corrected chi connectivity index (χ4v) is 2.30. The van der Waals surface area contributed by atoms with Gasteiger partial charge in [-0.1, -0.05) is 27.8 Å². The molecule has 3 heteroatoms. The van der Waals surface area contributed by atoms with Crippen molar-refractivity contribution in [2.24, 2.45) is 0 Å². The number of nitriles is 1. The molecule has 0 aromatic heterocycles. The largest absolute Gasteiger partial charge is 0.192 e. The summed E-state index contributed by atoms with van der Waals surface area (Å²) in [6.07, 6.45) is 2.04. The van der Waals surface area contributed by atoms with Gasteiger partial charge in [0.25, 0.3) is 0 Å². The van der Waals surface area contributed by atoms with E-state index in [0.29, 0.717) is 5.56 Å². The quantitative estimate of drug-likeness (QED) is 0.571. The first-order chi connectivity index (χ1) is 9.22. The first-order valence-electron chi connectivity index (χ1n) is 5.58. The maximum atomic E-state index is 9.07. The molecular weight excluding hydrogens is 318 g/mol. The number of benzene rings is 2. The monoisotopic (exact) mass is 327 g/mol. The normalized spacial score (nSPS) is 9.32. The summed E-state index contributed by atoms with van der Waals surface area (Å²) in [5.74, 6) is 6.13. The highest BCUT2D eigenvalue weighted by molar-refractivity contribution is 9.10. The molecule has 0 aliphatic carbocycles. The third kappa shape index (κ3) is 3.64. The molecule has 92 valence electrons. The van der Waals surface area contributed by atoms with Crippen molar-refractivity contribution in [3.63, 3.8) is 0 Å². The van der Waals surface area contributed by atoms with Crippen LogP contribution in [0, 0.1) is 23.2 Å². The lowest BCUT2D eigenvalue weighted by Gasteiger charge is -1.97. The Labute approximate surface area is 125 Å². The molecule has 19 heavy (non-hydrogen) atoms. The van der Waals surface area contributed by atoms with Gasteiger partial charge < -0.3 is 0 Å². The molecule has 1 nitrogen and oxygen atoms in total. The summed E-state index contributed by atoms with van der Waals surface area (Å²) < 4.78 is 0.888. The van der Waals surface area contributed by atoms with Gasteiger partial charge in [-0.15, -0.1) is 11.8 Å². The van der Waals surface area contributed by atoms with Gasteiger partial charge in [0.2, 0.25) is 0 Å². The number of hydrogen-bond acceptors (Lipinski definition) is 2. The number of halogens is 1. The number of hydrogen-bond donors (Lipinski definition) is 0. The SMILES string of the molecule is CSc1ccc(C#Cc2ccc(Br)cc2C#N)cc1. The Bertz CT molecular complexity index is 687. The Hall–Kier alpha value is -1.68. The van der Waals surface area contributed by atoms with Gasteiger partial charge >= 0.3 is 0 Å². The highest BCUT2D eigenvalue weighted by Gasteiger charge is 1.99. The first kappa shape index (κ1) is 13.7. The van der Waals surface area contributed by atoms with Crippen molar-refractivity contribution in [2.45, 2.75) is 4.90 Å². The standard InChI is InChI=1S/C16H10BrNS/c1-19-16-8-3-12(4-9-16)2-5-13-6-7-15(17)10-14(13)11-18/h3-4,6-10H,1H3. The van der Waals surface area contributed by atoms with E-state index < -0.39 is 0 Å². The Kier molecular flexibility index (Phi) is 4.68. The molecule has 0 fully saturated rings. The summed E-state index contributed by atoms with van der Waals surface area (Å²) in [6, 6.07) is 15.7. The van der Waals surface area contributed by atoms with Crippen molar-refractivity contribution in [2.75, 3.05) is 6.26 Å². The molecule has 0 N–H and O–H groups in total. The topological polar surface area (TPSA) is 23.8 Å². The summed E-state index contributed by atoms with van der Waals surface area (Å²) in [7, 11) is 0. The minimum Gasteiger partial charge on any atom is -0.192 e. The van der Waals surface area contributed by atoms with Crippen LogP contribution in [-0.4, -0.2) is 6.26 Å². The molecular formula is C16H10BrNS. The molecule has 0 amide bonds. The summed E-state index contributed by atoms with van der Waals surface area (Å²) in [5.41, 5.74) is 2.28. The summed E-state index contributed by atoms with van der Waals surface area (Å²) in [5, 5.41) is 9.07. The molecule has 0 saturated carbocycles. The van der Waals surface area contributed by atoms with Crippen LogP contribution >= 0.6 is 27.7 Å². The van der Waals surface area contributed by atoms with Gasteiger partial charge in [0.1, 0.15) is 6.07 Å². The molecule has 0 bridgehead atoms. The Morgan fingerprint density at radius 3 is 2.37 bits per heavy atom. The zero-order chi connectivity index (χ0) is 13.7. The molecule has 0 aliphatic heterocycles. The summed E-state index contributed by atoms with van der Waals surface area (Å²) in [4.78, 5) is 1.21. The van der Waals surface area contributed by atoms with Crippen molar-refractivity contribution in [3.05, 3.63) is 63.6 Å². The van der Waals surface area contributed by atoms with E-state index in [1.54, 1.807) is 17.8 Å². The lowest BCUT2D eigenvalue weighted by atomic mass is 10.1. The molecule has 0 aliphatic rings. The van der Waals surface area contributed by atoms with Crippen molar-refractivity contribution < 1.29 is 0 Å². The molecule has 2 aromatic carbocycles. The van der Waals surface area contributed by atoms with E-state index in [2.05, 4.69) is 33.8 Å². The number of thioether (sulfide) groups is 1. The second-order valence-electron chi connectivity index (χ2n) is 3.78. The van der Waals surface area contributed by atoms with E-state index in [4.69, 9.17) is 5.26 Å². The van der Waals surface area contributed by atoms with Gasteiger partial charge in [-0.2, -0.15) is 5.26 Å². The molecule has 0 unspecified atom stereocenters. The Morgan fingerprint density at radius 2 is 1.74 bits per heavy atom. The average molecular weight is 328 g/mol. The Morgan fingerprint density at radius 1 is 1.00 bits per heavy atom. The van der Waals surface area contributed by atoms with Gasteiger partial charge in [0.05, 0.1) is 5.56 Å². The molecule has 0 saturated heterocycles. The van der Waals surface area contributed by atoms with Crippen LogP contribution in [0.25, 0.3) is 0 Å². The van der Waals surface area contributed by atoms with Crippen molar-refractivity contribution in [1.82, 2.24) is 0 Å². The molecule has 0 heterocycles. The minimum absolute atomic E-state index is 0.586. The third-order valence-electron chi connectivity index (χ3n) is 2.53. The van der Waals surface area contributed by atoms with E-state index in [1.807, 2.05) is 42.7 Å². The van der Waals surface area contributed by atoms with E-state index in [0.717, 1.165) is 15.6 Å². The van der Waals surface area contributed by atoms with Crippen LogP contribution in [-0.2, 0) is 0 Å². The highest BCUT2D eigenvalue weighted by atomic mass is 79.9. The lowest BCUT2D eigenvalue weighted by molar-refractivity contribution is 1.44. The van der Waals surface area contributed by atoms with E-state index in [-0.39, 0.29) is 0 Å². The molecule has 2 rings (SSSR count). The Balaban J connectivity index is 2.31. The van der Waals surface area contributed by atoms with Gasteiger partial charge in [-0.25, -0.2) is 0 Å². The van der Waals surface area contributed by atoms with Crippen molar-refractivity contribution in [3.8, 4) is 17.9 Å². The van der Waals surface area contributed by atoms with Gasteiger partial charge in [-0.3, -0.25) is 0 Å². The maximum absolute atomic E-state index is 9.07. The number of rotatable bonds is 1. The van der Waals surface area contributed by atoms with Gasteiger partial charge in [0.15, 0.2) is 0 Å². The van der Waals surface area contributed by atoms with Crippen LogP contribution in [0.4, 0.5) is 0 Å². The predicted molar refractivity (Wildman–Crippen MR) is 83.1 cm³/mol. The van der Waals surface area contributed by atoms with Crippen LogP contribution in [0.5, 0.6) is 0 Å². The fourth-order valence-electron chi connectivity index (χ4n) is 1.53. The maximum Gasteiger partial charge on any atom is 0.100 e. The second-order valence-corrected chi connectivity index (χ2v) is 5.58. The van der Waals surface area contributed by atoms with Gasteiger partial charge in [0, 0.05) is 20.5 Å². The fraction of sp³-hybridized carbons (Fsp3) is 0.0625. The van der Waals surface area contributed by atoms with Crippen molar-refractivity contribution >= 4 is 27.7 Å². The zero-order valence-corrected chi connectivity index (χ0v) is 12.7. The van der Waals surface area contributed by atoms with Gasteiger partial charge in [-0.05, 0) is 48.7 Å². The molecule has 0 atom stereocenters. The molecule has 0 radical (unpaired) electrons. The smallest absolute Gasteiger partial charge is 0.100 e. The highest BCUT2D eigenvalue weighted by Crippen LogP contribution is 2.16. The number of nitrogens with zero attached hydrogens (tertiary/aromatic N) is 1. The lowest BCUT2D eigenvalue weighted by Crippen LogP contribution is -1.83. The second kappa shape index (κ2) is 6.48. The average Bonchev–Trinajstić information content (AvgIpc) is 2.46. The van der Waals surface area contributed by atoms with Crippen molar-refractivity contribution in [1.29, 1.82) is 5.26 Å². The molecule has 2 aromatic rings. The first-order valence-corrected chi connectivity index (χ1v) is 7.60. The molecule has 0 spiro atoms. The summed E-state index contributed by atoms with van der Waals surface area (Å²) in [6.45, 7) is 0. The van der Waals surface area contributed by atoms with Crippen LogP contribution in [0.1, 0.15) is 16.7 Å². The van der Waals surface area contributed by atoms with Crippen LogP contribution in [0.15, 0.2) is 51.8 Å².